The lowest BCUT2D eigenvalue weighted by Gasteiger charge is -2.29. The summed E-state index contributed by atoms with van der Waals surface area (Å²) < 4.78 is 10.8. The van der Waals surface area contributed by atoms with Crippen LogP contribution in [0.2, 0.25) is 0 Å². The Morgan fingerprint density at radius 2 is 1.61 bits per heavy atom. The van der Waals surface area contributed by atoms with E-state index in [0.717, 1.165) is 30.8 Å². The zero-order valence-electron chi connectivity index (χ0n) is 11.6. The van der Waals surface area contributed by atoms with E-state index >= 15 is 0 Å². The Balaban J connectivity index is 2.44. The summed E-state index contributed by atoms with van der Waals surface area (Å²) in [7, 11) is 1.65. The smallest absolute Gasteiger partial charge is 0.119 e. The Morgan fingerprint density at radius 3 is 2.06 bits per heavy atom. The van der Waals surface area contributed by atoms with Crippen LogP contribution < -0.4 is 9.47 Å². The van der Waals surface area contributed by atoms with Gasteiger partial charge in [0.05, 0.1) is 13.7 Å². The molecule has 0 atom stereocenters. The summed E-state index contributed by atoms with van der Waals surface area (Å²) in [5, 5.41) is 9.47. The zero-order chi connectivity index (χ0) is 13.4. The molecule has 0 bridgehead atoms. The van der Waals surface area contributed by atoms with Crippen LogP contribution in [0.25, 0.3) is 0 Å². The monoisotopic (exact) mass is 252 g/mol. The molecule has 1 N–H and O–H groups in total. The van der Waals surface area contributed by atoms with Gasteiger partial charge >= 0.3 is 0 Å². The maximum Gasteiger partial charge on any atom is 0.119 e. The second kappa shape index (κ2) is 7.27. The van der Waals surface area contributed by atoms with Crippen LogP contribution in [0.5, 0.6) is 11.5 Å². The van der Waals surface area contributed by atoms with Crippen LogP contribution in [0.3, 0.4) is 0 Å². The fraction of sp³-hybridized carbons (Fsp3) is 0.600. The molecule has 0 fully saturated rings. The topological polar surface area (TPSA) is 38.7 Å². The van der Waals surface area contributed by atoms with Crippen LogP contribution in [0, 0.1) is 5.41 Å². The van der Waals surface area contributed by atoms with Gasteiger partial charge in [0, 0.05) is 6.61 Å². The average molecular weight is 252 g/mol. The van der Waals surface area contributed by atoms with Crippen LogP contribution in [0.1, 0.15) is 33.1 Å². The number of aliphatic hydroxyl groups excluding tert-OH is 1. The number of rotatable bonds is 8. The minimum absolute atomic E-state index is 0.00642. The van der Waals surface area contributed by atoms with E-state index in [-0.39, 0.29) is 12.0 Å². The third-order valence-electron chi connectivity index (χ3n) is 3.80. The normalized spacial score (nSPS) is 11.3. The van der Waals surface area contributed by atoms with Crippen LogP contribution in [-0.4, -0.2) is 25.4 Å². The van der Waals surface area contributed by atoms with Crippen molar-refractivity contribution in [1.29, 1.82) is 0 Å². The molecule has 0 amide bonds. The van der Waals surface area contributed by atoms with E-state index in [1.54, 1.807) is 7.11 Å². The van der Waals surface area contributed by atoms with E-state index in [4.69, 9.17) is 9.47 Å². The van der Waals surface area contributed by atoms with Gasteiger partial charge in [-0.15, -0.1) is 0 Å². The van der Waals surface area contributed by atoms with Gasteiger partial charge in [0.2, 0.25) is 0 Å². The largest absolute Gasteiger partial charge is 0.497 e. The Labute approximate surface area is 110 Å². The Bertz CT molecular complexity index is 320. The van der Waals surface area contributed by atoms with Crippen molar-refractivity contribution in [3.63, 3.8) is 0 Å². The van der Waals surface area contributed by atoms with E-state index < -0.39 is 0 Å². The van der Waals surface area contributed by atoms with Crippen molar-refractivity contribution in [2.24, 2.45) is 5.41 Å². The molecule has 0 heterocycles. The molecule has 0 spiro atoms. The first kappa shape index (κ1) is 14.8. The maximum absolute atomic E-state index is 9.47. The first-order valence-corrected chi connectivity index (χ1v) is 6.57. The number of ether oxygens (including phenoxy) is 2. The summed E-state index contributed by atoms with van der Waals surface area (Å²) in [5.41, 5.74) is 0.00642. The van der Waals surface area contributed by atoms with Crippen molar-refractivity contribution >= 4 is 0 Å². The van der Waals surface area contributed by atoms with Gasteiger partial charge in [-0.3, -0.25) is 0 Å². The molecule has 0 unspecified atom stereocenters. The van der Waals surface area contributed by atoms with Crippen molar-refractivity contribution in [2.75, 3.05) is 20.3 Å². The van der Waals surface area contributed by atoms with Gasteiger partial charge in [-0.25, -0.2) is 0 Å². The molecule has 1 aromatic rings. The van der Waals surface area contributed by atoms with Crippen molar-refractivity contribution in [3.8, 4) is 11.5 Å². The molecule has 3 nitrogen and oxygen atoms in total. The Kier molecular flexibility index (Phi) is 5.99. The molecule has 0 radical (unpaired) electrons. The predicted octanol–water partition coefficient (Wildman–Crippen LogP) is 3.26. The first-order chi connectivity index (χ1) is 8.69. The molecule has 18 heavy (non-hydrogen) atoms. The van der Waals surface area contributed by atoms with Gasteiger partial charge in [0.1, 0.15) is 11.5 Å². The van der Waals surface area contributed by atoms with Crippen LogP contribution >= 0.6 is 0 Å². The lowest BCUT2D eigenvalue weighted by atomic mass is 9.80. The second-order valence-corrected chi connectivity index (χ2v) is 4.64. The third-order valence-corrected chi connectivity index (χ3v) is 3.80. The lowest BCUT2D eigenvalue weighted by Crippen LogP contribution is -2.26. The van der Waals surface area contributed by atoms with Gasteiger partial charge < -0.3 is 14.6 Å². The van der Waals surface area contributed by atoms with Gasteiger partial charge in [-0.1, -0.05) is 13.8 Å². The highest BCUT2D eigenvalue weighted by Crippen LogP contribution is 2.30. The molecule has 0 aromatic heterocycles. The van der Waals surface area contributed by atoms with Crippen molar-refractivity contribution in [2.45, 2.75) is 33.1 Å². The molecule has 0 saturated heterocycles. The zero-order valence-corrected chi connectivity index (χ0v) is 11.6. The minimum Gasteiger partial charge on any atom is -0.497 e. The molecule has 0 aliphatic heterocycles. The number of aliphatic hydroxyl groups is 1. The lowest BCUT2D eigenvalue weighted by molar-refractivity contribution is 0.0871. The quantitative estimate of drug-likeness (QED) is 0.771. The fourth-order valence-corrected chi connectivity index (χ4v) is 1.96. The standard InChI is InChI=1S/C15H24O3/c1-4-15(5-2,12-16)10-11-18-14-8-6-13(17-3)7-9-14/h6-9,16H,4-5,10-12H2,1-3H3. The summed E-state index contributed by atoms with van der Waals surface area (Å²) in [6.45, 7) is 5.10. The number of benzene rings is 1. The van der Waals surface area contributed by atoms with E-state index in [0.29, 0.717) is 6.61 Å². The molecular formula is C15H24O3. The molecule has 0 aliphatic carbocycles. The van der Waals surface area contributed by atoms with E-state index in [2.05, 4.69) is 13.8 Å². The summed E-state index contributed by atoms with van der Waals surface area (Å²) >= 11 is 0. The molecule has 102 valence electrons. The molecule has 1 rings (SSSR count). The average Bonchev–Trinajstić information content (AvgIpc) is 2.45. The van der Waals surface area contributed by atoms with Gasteiger partial charge in [-0.2, -0.15) is 0 Å². The van der Waals surface area contributed by atoms with Crippen LogP contribution in [0.4, 0.5) is 0 Å². The highest BCUT2D eigenvalue weighted by Gasteiger charge is 2.24. The Morgan fingerprint density at radius 1 is 1.06 bits per heavy atom. The number of hydrogen-bond acceptors (Lipinski definition) is 3. The summed E-state index contributed by atoms with van der Waals surface area (Å²) in [6.07, 6.45) is 2.83. The maximum atomic E-state index is 9.47. The highest BCUT2D eigenvalue weighted by molar-refractivity contribution is 5.31. The van der Waals surface area contributed by atoms with Crippen molar-refractivity contribution in [1.82, 2.24) is 0 Å². The fourth-order valence-electron chi connectivity index (χ4n) is 1.96. The molecule has 1 aromatic carbocycles. The molecule has 0 aliphatic rings. The summed E-state index contributed by atoms with van der Waals surface area (Å²) in [5.74, 6) is 1.67. The SMILES string of the molecule is CCC(CC)(CO)CCOc1ccc(OC)cc1. The number of methoxy groups -OCH3 is 1. The van der Waals surface area contributed by atoms with Gasteiger partial charge in [-0.05, 0) is 48.9 Å². The predicted molar refractivity (Wildman–Crippen MR) is 73.2 cm³/mol. The van der Waals surface area contributed by atoms with E-state index in [1.807, 2.05) is 24.3 Å². The third kappa shape index (κ3) is 3.91. The summed E-state index contributed by atoms with van der Waals surface area (Å²) in [4.78, 5) is 0. The van der Waals surface area contributed by atoms with Crippen molar-refractivity contribution < 1.29 is 14.6 Å². The van der Waals surface area contributed by atoms with E-state index in [9.17, 15) is 5.11 Å². The molecule has 0 saturated carbocycles. The highest BCUT2D eigenvalue weighted by atomic mass is 16.5. The summed E-state index contributed by atoms with van der Waals surface area (Å²) in [6, 6.07) is 7.57. The Hall–Kier alpha value is -1.22. The molecular weight excluding hydrogens is 228 g/mol. The number of hydrogen-bond donors (Lipinski definition) is 1. The van der Waals surface area contributed by atoms with Crippen LogP contribution in [0.15, 0.2) is 24.3 Å². The minimum atomic E-state index is 0.00642. The van der Waals surface area contributed by atoms with Crippen molar-refractivity contribution in [3.05, 3.63) is 24.3 Å². The van der Waals surface area contributed by atoms with Crippen LogP contribution in [-0.2, 0) is 0 Å². The van der Waals surface area contributed by atoms with Gasteiger partial charge in [0.15, 0.2) is 0 Å². The molecule has 3 heteroatoms. The second-order valence-electron chi connectivity index (χ2n) is 4.64. The first-order valence-electron chi connectivity index (χ1n) is 6.57. The van der Waals surface area contributed by atoms with E-state index in [1.165, 1.54) is 0 Å². The van der Waals surface area contributed by atoms with Gasteiger partial charge in [0.25, 0.3) is 0 Å².